The summed E-state index contributed by atoms with van der Waals surface area (Å²) >= 11 is 0. The average Bonchev–Trinajstić information content (AvgIpc) is 3.10. The minimum absolute atomic E-state index is 0.0845. The highest BCUT2D eigenvalue weighted by molar-refractivity contribution is 5.66. The van der Waals surface area contributed by atoms with E-state index in [-0.39, 0.29) is 24.4 Å². The number of carboxylic acid groups (broad SMARTS) is 1. The van der Waals surface area contributed by atoms with Gasteiger partial charge in [0.15, 0.2) is 0 Å². The van der Waals surface area contributed by atoms with Gasteiger partial charge in [-0.05, 0) is 56.8 Å². The Bertz CT molecular complexity index is 595. The maximum atomic E-state index is 10.6. The molecule has 26 heavy (non-hydrogen) atoms. The first-order chi connectivity index (χ1) is 12.4. The summed E-state index contributed by atoms with van der Waals surface area (Å²) in [5, 5.41) is 29.4. The van der Waals surface area contributed by atoms with Crippen LogP contribution in [0.1, 0.15) is 58.8 Å². The fourth-order valence-corrected chi connectivity index (χ4v) is 4.31. The molecule has 2 saturated carbocycles. The molecule has 0 spiro atoms. The van der Waals surface area contributed by atoms with Gasteiger partial charge in [-0.1, -0.05) is 30.7 Å². The lowest BCUT2D eigenvalue weighted by Crippen LogP contribution is -2.19. The Morgan fingerprint density at radius 1 is 1.38 bits per heavy atom. The van der Waals surface area contributed by atoms with Crippen molar-refractivity contribution in [1.82, 2.24) is 0 Å². The highest BCUT2D eigenvalue weighted by Crippen LogP contribution is 2.50. The minimum Gasteiger partial charge on any atom is -0.481 e. The largest absolute Gasteiger partial charge is 0.481 e. The molecule has 0 radical (unpaired) electrons. The van der Waals surface area contributed by atoms with Crippen molar-refractivity contribution in [3.63, 3.8) is 0 Å². The van der Waals surface area contributed by atoms with Gasteiger partial charge in [-0.2, -0.15) is 0 Å². The Balaban J connectivity index is 1.89. The Labute approximate surface area is 157 Å². The molecule has 0 bridgehead atoms. The van der Waals surface area contributed by atoms with Crippen molar-refractivity contribution in [2.75, 3.05) is 0 Å². The summed E-state index contributed by atoms with van der Waals surface area (Å²) in [6.07, 6.45) is 10.4. The van der Waals surface area contributed by atoms with Crippen molar-refractivity contribution >= 4 is 5.97 Å². The van der Waals surface area contributed by atoms with Crippen molar-refractivity contribution in [3.8, 4) is 11.8 Å². The van der Waals surface area contributed by atoms with Gasteiger partial charge in [-0.3, -0.25) is 4.79 Å². The first-order valence-corrected chi connectivity index (χ1v) is 9.76. The fourth-order valence-electron chi connectivity index (χ4n) is 4.31. The molecule has 0 saturated heterocycles. The van der Waals surface area contributed by atoms with Crippen LogP contribution in [0.4, 0.5) is 0 Å². The molecule has 0 aromatic carbocycles. The predicted molar refractivity (Wildman–Crippen MR) is 102 cm³/mol. The molecule has 4 heteroatoms. The standard InChI is InChI=1S/C22H32O4/c1-3-4-7-15(2)20(23)11-10-18-19-13-16(8-5-6-9-22(25)26)12-17(19)14-21(18)24/h8,10-11,15,17-21,23-24H,5-7,9,12-14H2,1-2H3,(H,25,26)/b11-10+,16-8-/t15?,17-,18+,19-,20+,21+/m0/s1. The number of aliphatic hydroxyl groups is 2. The number of fused-ring (bicyclic) bond motifs is 1. The van der Waals surface area contributed by atoms with Gasteiger partial charge < -0.3 is 15.3 Å². The van der Waals surface area contributed by atoms with Crippen LogP contribution in [0.3, 0.4) is 0 Å². The number of rotatable bonds is 8. The van der Waals surface area contributed by atoms with Crippen molar-refractivity contribution in [3.05, 3.63) is 23.8 Å². The van der Waals surface area contributed by atoms with Crippen LogP contribution in [0.2, 0.25) is 0 Å². The molecular formula is C22H32O4. The molecule has 1 unspecified atom stereocenters. The molecule has 2 fully saturated rings. The minimum atomic E-state index is -0.738. The van der Waals surface area contributed by atoms with Gasteiger partial charge in [0.1, 0.15) is 0 Å². The van der Waals surface area contributed by atoms with Gasteiger partial charge in [-0.25, -0.2) is 0 Å². The maximum absolute atomic E-state index is 10.6. The zero-order valence-electron chi connectivity index (χ0n) is 15.9. The summed E-state index contributed by atoms with van der Waals surface area (Å²) in [6.45, 7) is 3.79. The van der Waals surface area contributed by atoms with Crippen molar-refractivity contribution in [2.45, 2.75) is 71.0 Å². The lowest BCUT2D eigenvalue weighted by atomic mass is 9.89. The van der Waals surface area contributed by atoms with Gasteiger partial charge in [0.2, 0.25) is 0 Å². The smallest absolute Gasteiger partial charge is 0.303 e. The van der Waals surface area contributed by atoms with Crippen LogP contribution in [0.25, 0.3) is 0 Å². The monoisotopic (exact) mass is 360 g/mol. The van der Waals surface area contributed by atoms with Crippen LogP contribution < -0.4 is 0 Å². The molecule has 0 heterocycles. The molecule has 6 atom stereocenters. The van der Waals surface area contributed by atoms with Crippen LogP contribution >= 0.6 is 0 Å². The van der Waals surface area contributed by atoms with E-state index in [1.165, 1.54) is 5.57 Å². The molecule has 0 amide bonds. The van der Waals surface area contributed by atoms with E-state index in [2.05, 4.69) is 17.9 Å². The summed E-state index contributed by atoms with van der Waals surface area (Å²) < 4.78 is 0. The first-order valence-electron chi connectivity index (χ1n) is 9.76. The van der Waals surface area contributed by atoms with Crippen LogP contribution in [-0.4, -0.2) is 33.5 Å². The van der Waals surface area contributed by atoms with Crippen LogP contribution in [0.5, 0.6) is 0 Å². The highest BCUT2D eigenvalue weighted by atomic mass is 16.4. The van der Waals surface area contributed by atoms with Crippen molar-refractivity contribution in [2.24, 2.45) is 23.7 Å². The second-order valence-electron chi connectivity index (χ2n) is 7.84. The Morgan fingerprint density at radius 2 is 2.15 bits per heavy atom. The number of aliphatic hydroxyl groups excluding tert-OH is 2. The molecule has 4 nitrogen and oxygen atoms in total. The first kappa shape index (κ1) is 20.7. The summed E-state index contributed by atoms with van der Waals surface area (Å²) in [5.74, 6) is 6.25. The molecule has 0 aromatic heterocycles. The van der Waals surface area contributed by atoms with Crippen molar-refractivity contribution in [1.29, 1.82) is 0 Å². The third-order valence-corrected chi connectivity index (χ3v) is 5.85. The van der Waals surface area contributed by atoms with Gasteiger partial charge in [-0.15, -0.1) is 11.8 Å². The van der Waals surface area contributed by atoms with E-state index < -0.39 is 12.1 Å². The number of allylic oxidation sites excluding steroid dienone is 2. The zero-order chi connectivity index (χ0) is 19.1. The number of hydrogen-bond acceptors (Lipinski definition) is 3. The molecular weight excluding hydrogens is 328 g/mol. The lowest BCUT2D eigenvalue weighted by molar-refractivity contribution is -0.137. The maximum Gasteiger partial charge on any atom is 0.303 e. The van der Waals surface area contributed by atoms with Crippen LogP contribution in [0, 0.1) is 35.5 Å². The third-order valence-electron chi connectivity index (χ3n) is 5.85. The Kier molecular flexibility index (Phi) is 7.93. The quantitative estimate of drug-likeness (QED) is 0.351. The number of unbranched alkanes of at least 4 members (excludes halogenated alkanes) is 1. The molecule has 2 rings (SSSR count). The summed E-state index contributed by atoms with van der Waals surface area (Å²) in [6, 6.07) is 0. The highest BCUT2D eigenvalue weighted by Gasteiger charge is 2.44. The van der Waals surface area contributed by atoms with E-state index in [0.29, 0.717) is 24.7 Å². The van der Waals surface area contributed by atoms with E-state index in [9.17, 15) is 15.0 Å². The summed E-state index contributed by atoms with van der Waals surface area (Å²) in [4.78, 5) is 10.6. The fraction of sp³-hybridized carbons (Fsp3) is 0.682. The average molecular weight is 360 g/mol. The second kappa shape index (κ2) is 9.94. The van der Waals surface area contributed by atoms with E-state index in [1.54, 1.807) is 6.92 Å². The SMILES string of the molecule is CC#CCC(C)[C@H](O)/C=C/[C@@H]1[C@H]2C/C(=C\CCCC(=O)O)C[C@H]2C[C@H]1O. The summed E-state index contributed by atoms with van der Waals surface area (Å²) in [7, 11) is 0. The van der Waals surface area contributed by atoms with E-state index in [4.69, 9.17) is 5.11 Å². The van der Waals surface area contributed by atoms with Crippen LogP contribution in [0.15, 0.2) is 23.8 Å². The van der Waals surface area contributed by atoms with Gasteiger partial charge in [0.25, 0.3) is 0 Å². The number of carbonyl (C=O) groups is 1. The van der Waals surface area contributed by atoms with E-state index in [0.717, 1.165) is 25.7 Å². The molecule has 0 aromatic rings. The van der Waals surface area contributed by atoms with Crippen LogP contribution in [-0.2, 0) is 4.79 Å². The molecule has 0 aliphatic heterocycles. The van der Waals surface area contributed by atoms with Gasteiger partial charge in [0.05, 0.1) is 12.2 Å². The van der Waals surface area contributed by atoms with Gasteiger partial charge >= 0.3 is 5.97 Å². The normalized spacial score (nSPS) is 31.6. The van der Waals surface area contributed by atoms with Crippen molar-refractivity contribution < 1.29 is 20.1 Å². The van der Waals surface area contributed by atoms with E-state index >= 15 is 0 Å². The number of hydrogen-bond donors (Lipinski definition) is 3. The lowest BCUT2D eigenvalue weighted by Gasteiger charge is -2.19. The second-order valence-corrected chi connectivity index (χ2v) is 7.84. The third kappa shape index (κ3) is 5.72. The molecule has 2 aliphatic carbocycles. The van der Waals surface area contributed by atoms with Gasteiger partial charge in [0, 0.05) is 18.8 Å². The summed E-state index contributed by atoms with van der Waals surface area (Å²) in [5.41, 5.74) is 1.41. The number of carboxylic acids is 1. The Hall–Kier alpha value is -1.57. The zero-order valence-corrected chi connectivity index (χ0v) is 15.9. The molecule has 144 valence electrons. The topological polar surface area (TPSA) is 77.8 Å². The predicted octanol–water partition coefficient (Wildman–Crippen LogP) is 3.54. The molecule has 2 aliphatic rings. The number of aliphatic carboxylic acids is 1. The molecule has 3 N–H and O–H groups in total. The van der Waals surface area contributed by atoms with E-state index in [1.807, 2.05) is 19.1 Å². The Morgan fingerprint density at radius 3 is 2.85 bits per heavy atom.